The lowest BCUT2D eigenvalue weighted by atomic mass is 9.44. The Kier molecular flexibility index (Phi) is 4.14. The van der Waals surface area contributed by atoms with Gasteiger partial charge in [0.25, 0.3) is 0 Å². The van der Waals surface area contributed by atoms with Gasteiger partial charge in [0.15, 0.2) is 0 Å². The lowest BCUT2D eigenvalue weighted by Crippen LogP contribution is -2.54. The minimum Gasteiger partial charge on any atom is -0.431 e. The van der Waals surface area contributed by atoms with Crippen molar-refractivity contribution in [1.82, 2.24) is 0 Å². The molecule has 1 aromatic heterocycles. The molecule has 0 N–H and O–H groups in total. The molecule has 5 rings (SSSR count). The minimum atomic E-state index is -0.259. The number of rotatable bonds is 2. The SMILES string of the molecule is C[C@]12CC[C@H]3[C@@H](CC[C@@H]4CCCC[C@@]43C=O)[C@H]1CC[C@@H]2c1ccc(=O)oc1. The Labute approximate surface area is 161 Å². The van der Waals surface area contributed by atoms with Crippen molar-refractivity contribution in [2.24, 2.45) is 34.5 Å². The highest BCUT2D eigenvalue weighted by molar-refractivity contribution is 5.61. The smallest absolute Gasteiger partial charge is 0.335 e. The van der Waals surface area contributed by atoms with Gasteiger partial charge >= 0.3 is 5.63 Å². The number of hydrogen-bond acceptors (Lipinski definition) is 3. The molecule has 0 unspecified atom stereocenters. The van der Waals surface area contributed by atoms with Crippen LogP contribution in [0.3, 0.4) is 0 Å². The molecule has 4 fully saturated rings. The van der Waals surface area contributed by atoms with Gasteiger partial charge in [0.2, 0.25) is 0 Å². The second kappa shape index (κ2) is 6.32. The molecule has 0 amide bonds. The van der Waals surface area contributed by atoms with Crippen molar-refractivity contribution in [3.63, 3.8) is 0 Å². The van der Waals surface area contributed by atoms with Crippen molar-refractivity contribution in [2.45, 2.75) is 77.0 Å². The first-order valence-electron chi connectivity index (χ1n) is 11.1. The number of carbonyl (C=O) groups excluding carboxylic acids is 1. The third-order valence-electron chi connectivity index (χ3n) is 9.49. The Morgan fingerprint density at radius 2 is 1.89 bits per heavy atom. The highest BCUT2D eigenvalue weighted by atomic mass is 16.4. The quantitative estimate of drug-likeness (QED) is 0.662. The minimum absolute atomic E-state index is 0.0138. The van der Waals surface area contributed by atoms with Crippen LogP contribution < -0.4 is 5.63 Å². The highest BCUT2D eigenvalue weighted by Gasteiger charge is 2.61. The second-order valence-electron chi connectivity index (χ2n) is 10.2. The molecule has 3 nitrogen and oxygen atoms in total. The summed E-state index contributed by atoms with van der Waals surface area (Å²) in [5, 5.41) is 0. The van der Waals surface area contributed by atoms with E-state index in [0.29, 0.717) is 29.6 Å². The van der Waals surface area contributed by atoms with E-state index >= 15 is 0 Å². The van der Waals surface area contributed by atoms with Crippen LogP contribution in [0.2, 0.25) is 0 Å². The van der Waals surface area contributed by atoms with Crippen molar-refractivity contribution in [2.75, 3.05) is 0 Å². The van der Waals surface area contributed by atoms with E-state index in [1.807, 2.05) is 6.07 Å². The monoisotopic (exact) mass is 368 g/mol. The van der Waals surface area contributed by atoms with Crippen LogP contribution in [0.1, 0.15) is 82.6 Å². The van der Waals surface area contributed by atoms with Crippen LogP contribution in [0, 0.1) is 34.5 Å². The standard InChI is InChI=1S/C24H32O3/c1-23-13-11-21-18(7-6-17-4-2-3-12-24(17,21)15-25)20(23)9-8-19(23)16-5-10-22(26)27-14-16/h5,10,14-15,17-21H,2-4,6-9,11-13H2,1H3/t17-,18-,19+,20+,21-,23+,24+/m0/s1. The molecule has 0 bridgehead atoms. The topological polar surface area (TPSA) is 47.3 Å². The van der Waals surface area contributed by atoms with Gasteiger partial charge in [-0.15, -0.1) is 0 Å². The van der Waals surface area contributed by atoms with Crippen LogP contribution in [0.15, 0.2) is 27.6 Å². The Bertz CT molecular complexity index is 762. The van der Waals surface area contributed by atoms with Gasteiger partial charge < -0.3 is 9.21 Å². The number of carbonyl (C=O) groups is 1. The summed E-state index contributed by atoms with van der Waals surface area (Å²) in [7, 11) is 0. The van der Waals surface area contributed by atoms with Gasteiger partial charge in [0.05, 0.1) is 6.26 Å². The molecular formula is C24H32O3. The summed E-state index contributed by atoms with van der Waals surface area (Å²) in [5.41, 5.74) is 1.22. The van der Waals surface area contributed by atoms with E-state index < -0.39 is 0 Å². The summed E-state index contributed by atoms with van der Waals surface area (Å²) < 4.78 is 5.20. The zero-order chi connectivity index (χ0) is 18.6. The third kappa shape index (κ3) is 2.46. The zero-order valence-corrected chi connectivity index (χ0v) is 16.5. The fourth-order valence-electron chi connectivity index (χ4n) is 8.30. The normalized spacial score (nSPS) is 46.2. The summed E-state index contributed by atoms with van der Waals surface area (Å²) in [6.45, 7) is 2.48. The van der Waals surface area contributed by atoms with Crippen LogP contribution in [-0.4, -0.2) is 6.29 Å². The number of fused-ring (bicyclic) bond motifs is 5. The summed E-state index contributed by atoms with van der Waals surface area (Å²) in [6.07, 6.45) is 15.5. The highest BCUT2D eigenvalue weighted by Crippen LogP contribution is 2.68. The molecule has 0 saturated heterocycles. The van der Waals surface area contributed by atoms with Gasteiger partial charge in [0.1, 0.15) is 6.29 Å². The van der Waals surface area contributed by atoms with Crippen molar-refractivity contribution in [1.29, 1.82) is 0 Å². The van der Waals surface area contributed by atoms with E-state index in [1.165, 1.54) is 69.6 Å². The second-order valence-corrected chi connectivity index (χ2v) is 10.2. The van der Waals surface area contributed by atoms with E-state index in [2.05, 4.69) is 6.92 Å². The van der Waals surface area contributed by atoms with Gasteiger partial charge in [0, 0.05) is 11.5 Å². The van der Waals surface area contributed by atoms with E-state index in [4.69, 9.17) is 4.42 Å². The van der Waals surface area contributed by atoms with E-state index in [9.17, 15) is 9.59 Å². The molecule has 146 valence electrons. The fourth-order valence-corrected chi connectivity index (χ4v) is 8.30. The van der Waals surface area contributed by atoms with Gasteiger partial charge in [-0.25, -0.2) is 4.79 Å². The molecule has 4 aliphatic rings. The molecule has 0 radical (unpaired) electrons. The van der Waals surface area contributed by atoms with E-state index in [0.717, 1.165) is 6.42 Å². The largest absolute Gasteiger partial charge is 0.431 e. The Morgan fingerprint density at radius 1 is 1.00 bits per heavy atom. The van der Waals surface area contributed by atoms with Crippen molar-refractivity contribution >= 4 is 6.29 Å². The lowest BCUT2D eigenvalue weighted by Gasteiger charge is -2.59. The number of hydrogen-bond donors (Lipinski definition) is 0. The summed E-state index contributed by atoms with van der Waals surface area (Å²) in [4.78, 5) is 23.8. The van der Waals surface area contributed by atoms with E-state index in [-0.39, 0.29) is 16.5 Å². The van der Waals surface area contributed by atoms with Crippen LogP contribution in [0.5, 0.6) is 0 Å². The molecule has 0 aromatic carbocycles. The molecule has 0 aliphatic heterocycles. The maximum Gasteiger partial charge on any atom is 0.335 e. The first-order valence-corrected chi connectivity index (χ1v) is 11.1. The average Bonchev–Trinajstić information content (AvgIpc) is 3.05. The molecule has 0 spiro atoms. The van der Waals surface area contributed by atoms with Crippen LogP contribution in [0.25, 0.3) is 0 Å². The predicted octanol–water partition coefficient (Wildman–Crippen LogP) is 5.34. The van der Waals surface area contributed by atoms with Crippen molar-refractivity contribution in [3.8, 4) is 0 Å². The van der Waals surface area contributed by atoms with Gasteiger partial charge in [-0.05, 0) is 98.0 Å². The number of aldehydes is 1. The van der Waals surface area contributed by atoms with Gasteiger partial charge in [-0.2, -0.15) is 0 Å². The molecule has 3 heteroatoms. The fraction of sp³-hybridized carbons (Fsp3) is 0.750. The van der Waals surface area contributed by atoms with Crippen molar-refractivity contribution < 1.29 is 9.21 Å². The van der Waals surface area contributed by atoms with E-state index in [1.54, 1.807) is 12.3 Å². The summed E-state index contributed by atoms with van der Waals surface area (Å²) >= 11 is 0. The average molecular weight is 369 g/mol. The Hall–Kier alpha value is -1.38. The lowest BCUT2D eigenvalue weighted by molar-refractivity contribution is -0.145. The summed E-state index contributed by atoms with van der Waals surface area (Å²) in [6, 6.07) is 3.56. The van der Waals surface area contributed by atoms with Gasteiger partial charge in [-0.3, -0.25) is 0 Å². The van der Waals surface area contributed by atoms with Crippen molar-refractivity contribution in [3.05, 3.63) is 34.4 Å². The maximum absolute atomic E-state index is 12.4. The molecular weight excluding hydrogens is 336 g/mol. The van der Waals surface area contributed by atoms with Gasteiger partial charge in [-0.1, -0.05) is 19.8 Å². The molecule has 27 heavy (non-hydrogen) atoms. The molecule has 1 heterocycles. The first-order chi connectivity index (χ1) is 13.1. The van der Waals surface area contributed by atoms with Crippen LogP contribution >= 0.6 is 0 Å². The molecule has 4 aliphatic carbocycles. The Balaban J connectivity index is 1.47. The first kappa shape index (κ1) is 17.7. The molecule has 4 saturated carbocycles. The predicted molar refractivity (Wildman–Crippen MR) is 104 cm³/mol. The Morgan fingerprint density at radius 3 is 2.67 bits per heavy atom. The molecule has 7 atom stereocenters. The van der Waals surface area contributed by atoms with Crippen LogP contribution in [0.4, 0.5) is 0 Å². The zero-order valence-electron chi connectivity index (χ0n) is 16.5. The third-order valence-corrected chi connectivity index (χ3v) is 9.49. The van der Waals surface area contributed by atoms with Crippen LogP contribution in [-0.2, 0) is 4.79 Å². The summed E-state index contributed by atoms with van der Waals surface area (Å²) in [5.74, 6) is 3.18. The molecule has 1 aromatic rings. The maximum atomic E-state index is 12.4.